The van der Waals surface area contributed by atoms with Crippen molar-refractivity contribution in [3.8, 4) is 0 Å². The molecular formula is C12H21F3N2O3. The second-order valence-electron chi connectivity index (χ2n) is 4.67. The lowest BCUT2D eigenvalue weighted by molar-refractivity contribution is -0.140. The fraction of sp³-hybridized carbons (Fsp3) is 0.833. The molecule has 0 spiro atoms. The van der Waals surface area contributed by atoms with E-state index in [0.29, 0.717) is 24.2 Å². The number of carbonyl (C=O) groups is 2. The van der Waals surface area contributed by atoms with Gasteiger partial charge in [0.1, 0.15) is 6.54 Å². The van der Waals surface area contributed by atoms with Gasteiger partial charge < -0.3 is 15.3 Å². The first-order valence-corrected chi connectivity index (χ1v) is 6.49. The largest absolute Gasteiger partial charge is 0.481 e. The average molecular weight is 298 g/mol. The topological polar surface area (TPSA) is 69.6 Å². The number of carboxylic acid groups (broad SMARTS) is 1. The molecule has 0 saturated carbocycles. The zero-order chi connectivity index (χ0) is 15.8. The van der Waals surface area contributed by atoms with Gasteiger partial charge >= 0.3 is 18.2 Å². The van der Waals surface area contributed by atoms with Crippen molar-refractivity contribution in [1.82, 2.24) is 10.2 Å². The molecule has 0 aliphatic heterocycles. The highest BCUT2D eigenvalue weighted by Crippen LogP contribution is 2.17. The summed E-state index contributed by atoms with van der Waals surface area (Å²) in [6, 6.07) is -1.14. The second kappa shape index (κ2) is 8.65. The molecule has 2 amide bonds. The molecule has 1 unspecified atom stereocenters. The normalized spacial score (nSPS) is 12.8. The van der Waals surface area contributed by atoms with Gasteiger partial charge in [0.25, 0.3) is 0 Å². The first-order valence-electron chi connectivity index (χ1n) is 6.49. The number of carbonyl (C=O) groups excluding carboxylic acids is 1. The Hall–Kier alpha value is -1.47. The number of urea groups is 1. The van der Waals surface area contributed by atoms with Gasteiger partial charge in [0.2, 0.25) is 0 Å². The molecule has 0 rings (SSSR count). The van der Waals surface area contributed by atoms with E-state index in [1.54, 1.807) is 13.8 Å². The Morgan fingerprint density at radius 1 is 1.35 bits per heavy atom. The summed E-state index contributed by atoms with van der Waals surface area (Å²) in [5.41, 5.74) is 0. The number of hydrogen-bond donors (Lipinski definition) is 2. The van der Waals surface area contributed by atoms with Crippen LogP contribution in [0.5, 0.6) is 0 Å². The third-order valence-electron chi connectivity index (χ3n) is 2.55. The lowest BCUT2D eigenvalue weighted by atomic mass is 10.1. The summed E-state index contributed by atoms with van der Waals surface area (Å²) in [7, 11) is 0. The third-order valence-corrected chi connectivity index (χ3v) is 2.55. The van der Waals surface area contributed by atoms with Crippen LogP contribution in [-0.4, -0.2) is 47.3 Å². The van der Waals surface area contributed by atoms with Crippen LogP contribution < -0.4 is 5.32 Å². The molecule has 5 nitrogen and oxygen atoms in total. The van der Waals surface area contributed by atoms with E-state index in [1.807, 2.05) is 0 Å². The minimum absolute atomic E-state index is 0.0210. The van der Waals surface area contributed by atoms with Crippen molar-refractivity contribution in [2.24, 2.45) is 0 Å². The smallest absolute Gasteiger partial charge is 0.406 e. The molecular weight excluding hydrogens is 277 g/mol. The molecule has 8 heteroatoms. The Bertz CT molecular complexity index is 322. The summed E-state index contributed by atoms with van der Waals surface area (Å²) in [4.78, 5) is 22.8. The fourth-order valence-electron chi connectivity index (χ4n) is 1.67. The first kappa shape index (κ1) is 18.5. The number of alkyl halides is 3. The number of halogens is 3. The Morgan fingerprint density at radius 3 is 2.40 bits per heavy atom. The maximum absolute atomic E-state index is 12.3. The summed E-state index contributed by atoms with van der Waals surface area (Å²) in [6.45, 7) is 2.06. The standard InChI is InChI=1S/C12H21F3N2O3/c1-3-7-17(8-12(13,14)15)11(20)16-9(2)5-4-6-10(18)19/h9H,3-8H2,1-2H3,(H,16,20)(H,18,19). The van der Waals surface area contributed by atoms with Crippen LogP contribution in [0.2, 0.25) is 0 Å². The van der Waals surface area contributed by atoms with Gasteiger partial charge in [0.05, 0.1) is 0 Å². The molecule has 0 radical (unpaired) electrons. The molecule has 0 aromatic rings. The van der Waals surface area contributed by atoms with Crippen LogP contribution in [0.1, 0.15) is 39.5 Å². The highest BCUT2D eigenvalue weighted by Gasteiger charge is 2.32. The Balaban J connectivity index is 4.26. The molecule has 0 heterocycles. The van der Waals surface area contributed by atoms with Crippen LogP contribution in [0.25, 0.3) is 0 Å². The average Bonchev–Trinajstić information content (AvgIpc) is 2.25. The van der Waals surface area contributed by atoms with Gasteiger partial charge in [-0.05, 0) is 26.2 Å². The minimum atomic E-state index is -4.43. The lowest BCUT2D eigenvalue weighted by Crippen LogP contribution is -2.47. The molecule has 0 aliphatic rings. The summed E-state index contributed by atoms with van der Waals surface area (Å²) in [6.07, 6.45) is -3.26. The first-order chi connectivity index (χ1) is 9.15. The number of rotatable bonds is 8. The van der Waals surface area contributed by atoms with E-state index in [9.17, 15) is 22.8 Å². The van der Waals surface area contributed by atoms with E-state index < -0.39 is 24.7 Å². The summed E-state index contributed by atoms with van der Waals surface area (Å²) < 4.78 is 37.0. The molecule has 0 bridgehead atoms. The van der Waals surface area contributed by atoms with E-state index in [1.165, 1.54) is 0 Å². The van der Waals surface area contributed by atoms with Crippen LogP contribution in [0.15, 0.2) is 0 Å². The van der Waals surface area contributed by atoms with Gasteiger partial charge in [-0.15, -0.1) is 0 Å². The molecule has 118 valence electrons. The van der Waals surface area contributed by atoms with Gasteiger partial charge in [-0.1, -0.05) is 6.92 Å². The van der Waals surface area contributed by atoms with E-state index >= 15 is 0 Å². The number of nitrogens with one attached hydrogen (secondary N) is 1. The lowest BCUT2D eigenvalue weighted by Gasteiger charge is -2.25. The predicted molar refractivity (Wildman–Crippen MR) is 67.4 cm³/mol. The summed E-state index contributed by atoms with van der Waals surface area (Å²) in [5, 5.41) is 10.9. The number of aliphatic carboxylic acids is 1. The number of hydrogen-bond acceptors (Lipinski definition) is 2. The summed E-state index contributed by atoms with van der Waals surface area (Å²) >= 11 is 0. The molecule has 0 aliphatic carbocycles. The molecule has 1 atom stereocenters. The highest BCUT2D eigenvalue weighted by molar-refractivity contribution is 5.74. The van der Waals surface area contributed by atoms with Crippen molar-refractivity contribution in [2.45, 2.75) is 51.7 Å². The molecule has 0 aromatic heterocycles. The van der Waals surface area contributed by atoms with Crippen molar-refractivity contribution >= 4 is 12.0 Å². The van der Waals surface area contributed by atoms with Gasteiger partial charge in [-0.25, -0.2) is 4.79 Å². The number of carboxylic acids is 1. The highest BCUT2D eigenvalue weighted by atomic mass is 19.4. The molecule has 0 aromatic carbocycles. The Labute approximate surface area is 116 Å². The van der Waals surface area contributed by atoms with Crippen molar-refractivity contribution < 1.29 is 27.9 Å². The van der Waals surface area contributed by atoms with Crippen molar-refractivity contribution in [2.75, 3.05) is 13.1 Å². The number of amides is 2. The van der Waals surface area contributed by atoms with Crippen LogP contribution >= 0.6 is 0 Å². The second-order valence-corrected chi connectivity index (χ2v) is 4.67. The van der Waals surface area contributed by atoms with Crippen LogP contribution in [0.3, 0.4) is 0 Å². The SMILES string of the molecule is CCCN(CC(F)(F)F)C(=O)NC(C)CCCC(=O)O. The molecule has 0 saturated heterocycles. The minimum Gasteiger partial charge on any atom is -0.481 e. The zero-order valence-corrected chi connectivity index (χ0v) is 11.7. The maximum atomic E-state index is 12.3. The van der Waals surface area contributed by atoms with Crippen molar-refractivity contribution in [3.05, 3.63) is 0 Å². The van der Waals surface area contributed by atoms with Crippen molar-refractivity contribution in [1.29, 1.82) is 0 Å². The van der Waals surface area contributed by atoms with Gasteiger partial charge in [-0.2, -0.15) is 13.2 Å². The third kappa shape index (κ3) is 9.46. The van der Waals surface area contributed by atoms with E-state index in [-0.39, 0.29) is 19.0 Å². The van der Waals surface area contributed by atoms with E-state index in [0.717, 1.165) is 0 Å². The number of nitrogens with zero attached hydrogens (tertiary/aromatic N) is 1. The predicted octanol–water partition coefficient (Wildman–Crippen LogP) is 2.61. The molecule has 20 heavy (non-hydrogen) atoms. The monoisotopic (exact) mass is 298 g/mol. The fourth-order valence-corrected chi connectivity index (χ4v) is 1.67. The summed E-state index contributed by atoms with van der Waals surface area (Å²) in [5.74, 6) is -0.937. The zero-order valence-electron chi connectivity index (χ0n) is 11.7. The van der Waals surface area contributed by atoms with E-state index in [2.05, 4.69) is 5.32 Å². The quantitative estimate of drug-likeness (QED) is 0.723. The maximum Gasteiger partial charge on any atom is 0.406 e. The Kier molecular flexibility index (Phi) is 8.02. The van der Waals surface area contributed by atoms with E-state index in [4.69, 9.17) is 5.11 Å². The van der Waals surface area contributed by atoms with Crippen LogP contribution in [-0.2, 0) is 4.79 Å². The molecule has 0 fully saturated rings. The van der Waals surface area contributed by atoms with Gasteiger partial charge in [-0.3, -0.25) is 4.79 Å². The molecule has 2 N–H and O–H groups in total. The van der Waals surface area contributed by atoms with Crippen LogP contribution in [0, 0.1) is 0 Å². The van der Waals surface area contributed by atoms with Gasteiger partial charge in [0.15, 0.2) is 0 Å². The van der Waals surface area contributed by atoms with Crippen LogP contribution in [0.4, 0.5) is 18.0 Å². The van der Waals surface area contributed by atoms with Gasteiger partial charge in [0, 0.05) is 19.0 Å². The Morgan fingerprint density at radius 2 is 1.95 bits per heavy atom. The van der Waals surface area contributed by atoms with Crippen molar-refractivity contribution in [3.63, 3.8) is 0 Å².